The Balaban J connectivity index is 2.04. The minimum atomic E-state index is -0.184. The summed E-state index contributed by atoms with van der Waals surface area (Å²) < 4.78 is 13.2. The van der Waals surface area contributed by atoms with E-state index in [-0.39, 0.29) is 17.9 Å². The molecule has 1 N–H and O–H groups in total. The maximum Gasteiger partial charge on any atom is 0.123 e. The molecule has 0 aliphatic carbocycles. The van der Waals surface area contributed by atoms with Gasteiger partial charge < -0.3 is 5.32 Å². The topological polar surface area (TPSA) is 12.0 Å². The lowest BCUT2D eigenvalue weighted by Gasteiger charge is -2.21. The molecule has 1 nitrogen and oxygen atoms in total. The zero-order chi connectivity index (χ0) is 14.5. The van der Waals surface area contributed by atoms with E-state index in [1.807, 2.05) is 6.07 Å². The third-order valence-electron chi connectivity index (χ3n) is 3.74. The van der Waals surface area contributed by atoms with Gasteiger partial charge in [0.25, 0.3) is 0 Å². The molecule has 2 rings (SSSR count). The molecule has 0 saturated heterocycles. The molecule has 0 saturated carbocycles. The summed E-state index contributed by atoms with van der Waals surface area (Å²) in [6.45, 7) is 6.35. The average Bonchev–Trinajstić information content (AvgIpc) is 2.47. The molecule has 106 valence electrons. The maximum absolute atomic E-state index is 13.2. The van der Waals surface area contributed by atoms with Gasteiger partial charge >= 0.3 is 0 Å². The number of hydrogen-bond acceptors (Lipinski definition) is 1. The van der Waals surface area contributed by atoms with Gasteiger partial charge in [0.15, 0.2) is 0 Å². The first kappa shape index (κ1) is 14.7. The van der Waals surface area contributed by atoms with Crippen molar-refractivity contribution in [1.29, 1.82) is 0 Å². The molecular weight excluding hydrogens is 249 g/mol. The molecule has 2 aromatic carbocycles. The summed E-state index contributed by atoms with van der Waals surface area (Å²) in [5, 5.41) is 3.51. The van der Waals surface area contributed by atoms with Crippen LogP contribution in [0.4, 0.5) is 4.39 Å². The maximum atomic E-state index is 13.2. The Hall–Kier alpha value is -1.67. The summed E-state index contributed by atoms with van der Waals surface area (Å²) in [7, 11) is 0. The monoisotopic (exact) mass is 271 g/mol. The molecule has 2 atom stereocenters. The van der Waals surface area contributed by atoms with Crippen LogP contribution in [0.5, 0.6) is 0 Å². The third kappa shape index (κ3) is 3.67. The van der Waals surface area contributed by atoms with Gasteiger partial charge in [-0.2, -0.15) is 0 Å². The van der Waals surface area contributed by atoms with E-state index in [0.717, 1.165) is 12.0 Å². The number of nitrogens with one attached hydrogen (secondary N) is 1. The van der Waals surface area contributed by atoms with Crippen molar-refractivity contribution < 1.29 is 4.39 Å². The van der Waals surface area contributed by atoms with Crippen LogP contribution in [0.15, 0.2) is 48.5 Å². The first-order chi connectivity index (χ1) is 9.60. The highest BCUT2D eigenvalue weighted by atomic mass is 19.1. The summed E-state index contributed by atoms with van der Waals surface area (Å²) in [6, 6.07) is 15.8. The largest absolute Gasteiger partial charge is 0.304 e. The van der Waals surface area contributed by atoms with Crippen LogP contribution >= 0.6 is 0 Å². The Morgan fingerprint density at radius 3 is 2.20 bits per heavy atom. The Kier molecular flexibility index (Phi) is 4.91. The van der Waals surface area contributed by atoms with Crippen molar-refractivity contribution in [3.8, 4) is 0 Å². The van der Waals surface area contributed by atoms with Gasteiger partial charge in [0, 0.05) is 12.1 Å². The van der Waals surface area contributed by atoms with Crippen molar-refractivity contribution >= 4 is 0 Å². The summed E-state index contributed by atoms with van der Waals surface area (Å²) in [6.07, 6.45) is 1.06. The fourth-order valence-corrected chi connectivity index (χ4v) is 2.39. The fraction of sp³-hybridized carbons (Fsp3) is 0.333. The van der Waals surface area contributed by atoms with E-state index >= 15 is 0 Å². The standard InChI is InChI=1S/C18H22FN/c1-4-15-8-10-16(11-9-15)13(2)20-14(3)17-6-5-7-18(19)12-17/h5-14,20H,4H2,1-3H3. The lowest BCUT2D eigenvalue weighted by Crippen LogP contribution is -2.22. The minimum absolute atomic E-state index is 0.117. The first-order valence-corrected chi connectivity index (χ1v) is 7.20. The summed E-state index contributed by atoms with van der Waals surface area (Å²) in [5.41, 5.74) is 3.58. The van der Waals surface area contributed by atoms with Gasteiger partial charge in [0.2, 0.25) is 0 Å². The molecule has 0 heterocycles. The summed E-state index contributed by atoms with van der Waals surface area (Å²) in [5.74, 6) is -0.184. The highest BCUT2D eigenvalue weighted by Crippen LogP contribution is 2.20. The van der Waals surface area contributed by atoms with Gasteiger partial charge in [-0.1, -0.05) is 43.3 Å². The smallest absolute Gasteiger partial charge is 0.123 e. The Labute approximate surface area is 120 Å². The van der Waals surface area contributed by atoms with Crippen molar-refractivity contribution in [1.82, 2.24) is 5.32 Å². The van der Waals surface area contributed by atoms with Crippen LogP contribution in [0.1, 0.15) is 49.5 Å². The van der Waals surface area contributed by atoms with Crippen LogP contribution < -0.4 is 5.32 Å². The summed E-state index contributed by atoms with van der Waals surface area (Å²) >= 11 is 0. The van der Waals surface area contributed by atoms with Crippen LogP contribution in [0.2, 0.25) is 0 Å². The minimum Gasteiger partial charge on any atom is -0.304 e. The van der Waals surface area contributed by atoms with Gasteiger partial charge in [0.05, 0.1) is 0 Å². The number of rotatable bonds is 5. The molecule has 0 bridgehead atoms. The molecule has 2 aromatic rings. The SMILES string of the molecule is CCc1ccc(C(C)NC(C)c2cccc(F)c2)cc1. The fourth-order valence-electron chi connectivity index (χ4n) is 2.39. The highest BCUT2D eigenvalue weighted by Gasteiger charge is 2.11. The second-order valence-corrected chi connectivity index (χ2v) is 5.26. The molecule has 0 amide bonds. The van der Waals surface area contributed by atoms with Crippen molar-refractivity contribution in [2.24, 2.45) is 0 Å². The van der Waals surface area contributed by atoms with Crippen molar-refractivity contribution in [2.45, 2.75) is 39.3 Å². The van der Waals surface area contributed by atoms with Crippen LogP contribution in [-0.2, 0) is 6.42 Å². The normalized spacial score (nSPS) is 14.0. The van der Waals surface area contributed by atoms with E-state index in [2.05, 4.69) is 50.4 Å². The Bertz CT molecular complexity index is 548. The molecule has 0 aliphatic heterocycles. The molecule has 0 aliphatic rings. The van der Waals surface area contributed by atoms with Crippen LogP contribution in [0.25, 0.3) is 0 Å². The van der Waals surface area contributed by atoms with Crippen molar-refractivity contribution in [2.75, 3.05) is 0 Å². The molecule has 0 fully saturated rings. The quantitative estimate of drug-likeness (QED) is 0.823. The zero-order valence-electron chi connectivity index (χ0n) is 12.4. The van der Waals surface area contributed by atoms with Crippen molar-refractivity contribution in [3.05, 3.63) is 71.0 Å². The van der Waals surface area contributed by atoms with Gasteiger partial charge in [-0.3, -0.25) is 0 Å². The Morgan fingerprint density at radius 1 is 0.950 bits per heavy atom. The summed E-state index contributed by atoms with van der Waals surface area (Å²) in [4.78, 5) is 0. The average molecular weight is 271 g/mol. The second kappa shape index (κ2) is 6.67. The van der Waals surface area contributed by atoms with Gasteiger partial charge in [-0.25, -0.2) is 4.39 Å². The van der Waals surface area contributed by atoms with Crippen LogP contribution in [-0.4, -0.2) is 0 Å². The molecule has 0 radical (unpaired) electrons. The molecule has 20 heavy (non-hydrogen) atoms. The lowest BCUT2D eigenvalue weighted by atomic mass is 10.0. The van der Waals surface area contributed by atoms with E-state index in [4.69, 9.17) is 0 Å². The van der Waals surface area contributed by atoms with E-state index < -0.39 is 0 Å². The predicted octanol–water partition coefficient (Wildman–Crippen LogP) is 4.80. The molecule has 2 unspecified atom stereocenters. The number of halogens is 1. The lowest BCUT2D eigenvalue weighted by molar-refractivity contribution is 0.492. The molecule has 2 heteroatoms. The van der Waals surface area contributed by atoms with E-state index in [9.17, 15) is 4.39 Å². The number of benzene rings is 2. The zero-order valence-corrected chi connectivity index (χ0v) is 12.4. The molecular formula is C18H22FN. The predicted molar refractivity (Wildman–Crippen MR) is 82.2 cm³/mol. The van der Waals surface area contributed by atoms with Crippen LogP contribution in [0, 0.1) is 5.82 Å². The number of hydrogen-bond donors (Lipinski definition) is 1. The van der Waals surface area contributed by atoms with E-state index in [0.29, 0.717) is 0 Å². The van der Waals surface area contributed by atoms with Crippen LogP contribution in [0.3, 0.4) is 0 Å². The Morgan fingerprint density at radius 2 is 1.60 bits per heavy atom. The second-order valence-electron chi connectivity index (χ2n) is 5.26. The van der Waals surface area contributed by atoms with Crippen molar-refractivity contribution in [3.63, 3.8) is 0 Å². The molecule has 0 aromatic heterocycles. The van der Waals surface area contributed by atoms with Gasteiger partial charge in [-0.05, 0) is 49.1 Å². The van der Waals surface area contributed by atoms with Gasteiger partial charge in [0.1, 0.15) is 5.82 Å². The number of aryl methyl sites for hydroxylation is 1. The van der Waals surface area contributed by atoms with Gasteiger partial charge in [-0.15, -0.1) is 0 Å². The van der Waals surface area contributed by atoms with E-state index in [1.165, 1.54) is 17.2 Å². The van der Waals surface area contributed by atoms with E-state index in [1.54, 1.807) is 12.1 Å². The third-order valence-corrected chi connectivity index (χ3v) is 3.74. The highest BCUT2D eigenvalue weighted by molar-refractivity contribution is 5.26. The molecule has 0 spiro atoms. The first-order valence-electron chi connectivity index (χ1n) is 7.20.